The third-order valence-corrected chi connectivity index (χ3v) is 5.89. The van der Waals surface area contributed by atoms with E-state index in [9.17, 15) is 4.89 Å². The first-order chi connectivity index (χ1) is 9.31. The van der Waals surface area contributed by atoms with Gasteiger partial charge in [0.25, 0.3) is 0 Å². The average Bonchev–Trinajstić information content (AvgIpc) is 2.33. The summed E-state index contributed by atoms with van der Waals surface area (Å²) in [6.07, 6.45) is 19.2. The zero-order chi connectivity index (χ0) is 15.3. The Kier molecular flexibility index (Phi) is 11.2. The molecule has 0 aliphatic rings. The van der Waals surface area contributed by atoms with Gasteiger partial charge in [0, 0.05) is 0 Å². The molecule has 2 heteroatoms. The van der Waals surface area contributed by atoms with Gasteiger partial charge >= 0.3 is 109 Å². The Balaban J connectivity index is 3.11. The van der Waals surface area contributed by atoms with Crippen LogP contribution in [0, 0.1) is 0 Å². The van der Waals surface area contributed by atoms with Crippen molar-refractivity contribution >= 4 is 6.83 Å². The summed E-state index contributed by atoms with van der Waals surface area (Å²) in [4.78, 5) is 10.2. The van der Waals surface area contributed by atoms with E-state index in [1.807, 2.05) is 0 Å². The van der Waals surface area contributed by atoms with Gasteiger partial charge in [-0.1, -0.05) is 19.8 Å². The molecule has 0 fully saturated rings. The van der Waals surface area contributed by atoms with E-state index >= 15 is 0 Å². The molecular weight excluding hydrogens is 263 g/mol. The van der Waals surface area contributed by atoms with Gasteiger partial charge in [-0.25, -0.2) is 0 Å². The Morgan fingerprint density at radius 3 is 1.15 bits per heavy atom. The van der Waals surface area contributed by atoms with Crippen molar-refractivity contribution in [3.05, 3.63) is 0 Å². The van der Waals surface area contributed by atoms with Crippen molar-refractivity contribution in [2.75, 3.05) is 26.2 Å². The summed E-state index contributed by atoms with van der Waals surface area (Å²) in [5.74, 6) is 0. The summed E-state index contributed by atoms with van der Waals surface area (Å²) in [6, 6.07) is 0. The second kappa shape index (κ2) is 11.0. The number of hydrogen-bond donors (Lipinski definition) is 1. The van der Waals surface area contributed by atoms with Gasteiger partial charge in [0.1, 0.15) is 0 Å². The van der Waals surface area contributed by atoms with Gasteiger partial charge in [-0.05, 0) is 0 Å². The van der Waals surface area contributed by atoms with Gasteiger partial charge in [-0.3, -0.25) is 0 Å². The van der Waals surface area contributed by atoms with Gasteiger partial charge < -0.3 is 0 Å². The molecule has 0 bridgehead atoms. The zero-order valence-electron chi connectivity index (χ0n) is 14.8. The molecule has 124 valence electrons. The zero-order valence-corrected chi connectivity index (χ0v) is 15.7. The molecule has 0 rings (SSSR count). The number of hydrogen-bond acceptors (Lipinski definition) is 1. The molecule has 0 radical (unpaired) electrons. The molecule has 0 aromatic heterocycles. The minimum absolute atomic E-state index is 1.04. The van der Waals surface area contributed by atoms with Crippen LogP contribution in [0.15, 0.2) is 0 Å². The van der Waals surface area contributed by atoms with Crippen LogP contribution in [0.1, 0.15) is 90.4 Å². The van der Waals surface area contributed by atoms with E-state index in [2.05, 4.69) is 26.9 Å². The molecule has 1 nitrogen and oxygen atoms in total. The first-order valence-corrected chi connectivity index (χ1v) is 12.8. The normalized spacial score (nSPS) is 14.2. The SMILES string of the molecule is CCCCCCCCCCCCCCCP(C)(C)(C)O. The van der Waals surface area contributed by atoms with Crippen molar-refractivity contribution in [1.82, 2.24) is 0 Å². The molecule has 0 amide bonds. The van der Waals surface area contributed by atoms with Crippen molar-refractivity contribution in [3.63, 3.8) is 0 Å². The summed E-state index contributed by atoms with van der Waals surface area (Å²) in [5.41, 5.74) is 0. The molecule has 0 aromatic carbocycles. The predicted octanol–water partition coefficient (Wildman–Crippen LogP) is 6.43. The van der Waals surface area contributed by atoms with Crippen molar-refractivity contribution in [3.8, 4) is 0 Å². The molecule has 0 saturated carbocycles. The third kappa shape index (κ3) is 18.4. The van der Waals surface area contributed by atoms with Crippen LogP contribution in [0.25, 0.3) is 0 Å². The van der Waals surface area contributed by atoms with Crippen LogP contribution in [-0.2, 0) is 0 Å². The maximum atomic E-state index is 10.2. The number of rotatable bonds is 14. The van der Waals surface area contributed by atoms with Crippen molar-refractivity contribution in [2.24, 2.45) is 0 Å². The Morgan fingerprint density at radius 2 is 0.850 bits per heavy atom. The Hall–Kier alpha value is 0.390. The van der Waals surface area contributed by atoms with E-state index in [-0.39, 0.29) is 0 Å². The van der Waals surface area contributed by atoms with E-state index in [4.69, 9.17) is 0 Å². The Labute approximate surface area is 128 Å². The van der Waals surface area contributed by atoms with Crippen LogP contribution >= 0.6 is 6.83 Å². The van der Waals surface area contributed by atoms with Crippen LogP contribution in [0.3, 0.4) is 0 Å². The van der Waals surface area contributed by atoms with Crippen molar-refractivity contribution in [2.45, 2.75) is 90.4 Å². The second-order valence-corrected chi connectivity index (χ2v) is 14.5. The van der Waals surface area contributed by atoms with E-state index < -0.39 is 6.83 Å². The summed E-state index contributed by atoms with van der Waals surface area (Å²) >= 11 is 0. The van der Waals surface area contributed by atoms with Crippen LogP contribution in [0.2, 0.25) is 0 Å². The molecule has 0 atom stereocenters. The number of unbranched alkanes of at least 4 members (excludes halogenated alkanes) is 12. The van der Waals surface area contributed by atoms with E-state index in [0.29, 0.717) is 0 Å². The van der Waals surface area contributed by atoms with Gasteiger partial charge in [-0.15, -0.1) is 0 Å². The first kappa shape index (κ1) is 20.4. The van der Waals surface area contributed by atoms with Crippen molar-refractivity contribution < 1.29 is 4.89 Å². The molecule has 0 spiro atoms. The van der Waals surface area contributed by atoms with Gasteiger partial charge in [0.2, 0.25) is 0 Å². The maximum absolute atomic E-state index is 10.2. The molecule has 0 unspecified atom stereocenters. The van der Waals surface area contributed by atoms with E-state index in [1.54, 1.807) is 0 Å². The Bertz CT molecular complexity index is 208. The standard InChI is InChI=1S/C18H41OP/c1-5-6-7-8-9-10-11-12-13-14-15-16-17-18-20(2,3,4)19/h19H,5-18H2,1-4H3. The molecule has 0 aliphatic carbocycles. The monoisotopic (exact) mass is 304 g/mol. The quantitative estimate of drug-likeness (QED) is 0.290. The van der Waals surface area contributed by atoms with Crippen LogP contribution in [0.5, 0.6) is 0 Å². The van der Waals surface area contributed by atoms with Crippen LogP contribution in [-0.4, -0.2) is 31.0 Å². The topological polar surface area (TPSA) is 20.2 Å². The second-order valence-electron chi connectivity index (χ2n) is 8.00. The van der Waals surface area contributed by atoms with E-state index in [0.717, 1.165) is 6.16 Å². The molecule has 0 aliphatic heterocycles. The fourth-order valence-electron chi connectivity index (χ4n) is 2.67. The molecule has 20 heavy (non-hydrogen) atoms. The van der Waals surface area contributed by atoms with Gasteiger partial charge in [0.15, 0.2) is 0 Å². The predicted molar refractivity (Wildman–Crippen MR) is 97.5 cm³/mol. The van der Waals surface area contributed by atoms with Crippen molar-refractivity contribution in [1.29, 1.82) is 0 Å². The summed E-state index contributed by atoms with van der Waals surface area (Å²) in [6.45, 7) is 6.25. The van der Waals surface area contributed by atoms with Gasteiger partial charge in [-0.2, -0.15) is 0 Å². The summed E-state index contributed by atoms with van der Waals surface area (Å²) in [5, 5.41) is 0. The van der Waals surface area contributed by atoms with Crippen LogP contribution < -0.4 is 0 Å². The minimum atomic E-state index is -2.21. The molecule has 0 saturated heterocycles. The Morgan fingerprint density at radius 1 is 0.550 bits per heavy atom. The summed E-state index contributed by atoms with van der Waals surface area (Å²) < 4.78 is 0. The van der Waals surface area contributed by atoms with Gasteiger partial charge in [0.05, 0.1) is 0 Å². The molecule has 0 aromatic rings. The van der Waals surface area contributed by atoms with E-state index in [1.165, 1.54) is 83.5 Å². The first-order valence-electron chi connectivity index (χ1n) is 9.06. The average molecular weight is 304 g/mol. The molecule has 1 N–H and O–H groups in total. The molecule has 0 heterocycles. The van der Waals surface area contributed by atoms with Crippen LogP contribution in [0.4, 0.5) is 0 Å². The fraction of sp³-hybridized carbons (Fsp3) is 1.00. The molecular formula is C18H41OP. The fourth-order valence-corrected chi connectivity index (χ4v) is 3.99. The summed E-state index contributed by atoms with van der Waals surface area (Å²) in [7, 11) is 0. The third-order valence-electron chi connectivity index (χ3n) is 4.03.